The second kappa shape index (κ2) is 7.01. The summed E-state index contributed by atoms with van der Waals surface area (Å²) in [4.78, 5) is 14.9. The van der Waals surface area contributed by atoms with Gasteiger partial charge in [0.05, 0.1) is 0 Å². The molecule has 1 fully saturated rings. The van der Waals surface area contributed by atoms with Crippen LogP contribution in [-0.2, 0) is 21.2 Å². The van der Waals surface area contributed by atoms with Crippen molar-refractivity contribution in [1.29, 1.82) is 0 Å². The van der Waals surface area contributed by atoms with Crippen LogP contribution in [0.15, 0.2) is 33.6 Å². The van der Waals surface area contributed by atoms with Crippen molar-refractivity contribution in [3.8, 4) is 0 Å². The molecular weight excluding hydrogens is 386 g/mol. The number of carbonyl (C=O) groups excluding carboxylic acids is 1. The summed E-state index contributed by atoms with van der Waals surface area (Å²) < 4.78 is 28.7. The van der Waals surface area contributed by atoms with Gasteiger partial charge in [0.1, 0.15) is 15.9 Å². The molecule has 0 aliphatic carbocycles. The predicted octanol–water partition coefficient (Wildman–Crippen LogP) is 2.04. The molecule has 2 aliphatic rings. The van der Waals surface area contributed by atoms with Gasteiger partial charge in [-0.2, -0.15) is 8.42 Å². The number of anilines is 1. The molecule has 2 aromatic rings. The third-order valence-electron chi connectivity index (χ3n) is 4.69. The average Bonchev–Trinajstić information content (AvgIpc) is 3.24. The number of hydrogen-bond acceptors (Lipinski definition) is 7. The highest BCUT2D eigenvalue weighted by molar-refractivity contribution is 7.90. The largest absolute Gasteiger partial charge is 0.343 e. The van der Waals surface area contributed by atoms with E-state index < -0.39 is 16.1 Å². The Balaban J connectivity index is 1.62. The minimum Gasteiger partial charge on any atom is -0.343 e. The van der Waals surface area contributed by atoms with Gasteiger partial charge >= 0.3 is 0 Å². The van der Waals surface area contributed by atoms with Crippen molar-refractivity contribution in [1.82, 2.24) is 15.1 Å². The van der Waals surface area contributed by atoms with E-state index in [1.807, 2.05) is 11.8 Å². The summed E-state index contributed by atoms with van der Waals surface area (Å²) in [5, 5.41) is 12.1. The molecule has 1 aromatic heterocycles. The number of nitrogens with zero attached hydrogens (tertiary/aromatic N) is 4. The lowest BCUT2D eigenvalue weighted by Gasteiger charge is -2.35. The Labute approximate surface area is 161 Å². The first-order chi connectivity index (χ1) is 13.0. The highest BCUT2D eigenvalue weighted by atomic mass is 32.2. The smallest absolute Gasteiger partial charge is 0.285 e. The van der Waals surface area contributed by atoms with E-state index in [4.69, 9.17) is 0 Å². The Morgan fingerprint density at radius 2 is 2.11 bits per heavy atom. The molecule has 0 unspecified atom stereocenters. The Hall–Kier alpha value is -2.33. The number of likely N-dealkylation sites (tertiary alicyclic amines) is 1. The van der Waals surface area contributed by atoms with Crippen LogP contribution in [0.1, 0.15) is 36.8 Å². The van der Waals surface area contributed by atoms with Gasteiger partial charge in [0, 0.05) is 12.1 Å². The van der Waals surface area contributed by atoms with Crippen molar-refractivity contribution in [2.75, 3.05) is 11.9 Å². The number of carbonyl (C=O) groups is 1. The van der Waals surface area contributed by atoms with E-state index in [2.05, 4.69) is 19.9 Å². The Kier molecular flexibility index (Phi) is 4.68. The second-order valence-electron chi connectivity index (χ2n) is 6.43. The maximum absolute atomic E-state index is 12.9. The van der Waals surface area contributed by atoms with Gasteiger partial charge in [-0.1, -0.05) is 30.4 Å². The van der Waals surface area contributed by atoms with E-state index in [-0.39, 0.29) is 10.8 Å². The molecule has 142 valence electrons. The topological polar surface area (TPSA) is 105 Å². The van der Waals surface area contributed by atoms with E-state index in [0.29, 0.717) is 29.5 Å². The molecule has 0 saturated carbocycles. The van der Waals surface area contributed by atoms with Gasteiger partial charge in [0.15, 0.2) is 5.84 Å². The standard InChI is InChI=1S/C17H19N5O3S2/c1-2-14-19-20-17(26-14)18-16(23)12-8-5-6-10-22(12)15-11-7-3-4-9-13(11)27(24,25)21-15/h3-4,7,9,12H,2,5-6,8,10H2,1H3,(H,18,20,23)/t12-/m1/s1. The number of benzene rings is 1. The summed E-state index contributed by atoms with van der Waals surface area (Å²) in [7, 11) is -3.72. The molecule has 0 spiro atoms. The number of aryl methyl sites for hydroxylation is 1. The minimum atomic E-state index is -3.72. The van der Waals surface area contributed by atoms with E-state index in [0.717, 1.165) is 24.3 Å². The van der Waals surface area contributed by atoms with Gasteiger partial charge in [-0.25, -0.2) is 0 Å². The Morgan fingerprint density at radius 3 is 2.89 bits per heavy atom. The van der Waals surface area contributed by atoms with Gasteiger partial charge in [-0.15, -0.1) is 14.6 Å². The zero-order valence-corrected chi connectivity index (χ0v) is 16.4. The lowest BCUT2D eigenvalue weighted by atomic mass is 10.00. The van der Waals surface area contributed by atoms with Crippen LogP contribution in [-0.4, -0.2) is 47.8 Å². The maximum Gasteiger partial charge on any atom is 0.285 e. The van der Waals surface area contributed by atoms with Crippen LogP contribution < -0.4 is 5.32 Å². The SMILES string of the molecule is CCc1nnc(NC(=O)[C@H]2CCCCN2C2=NS(=O)(=O)c3ccccc32)s1. The van der Waals surface area contributed by atoms with Crippen LogP contribution in [0.3, 0.4) is 0 Å². The van der Waals surface area contributed by atoms with Crippen molar-refractivity contribution in [3.63, 3.8) is 0 Å². The summed E-state index contributed by atoms with van der Waals surface area (Å²) in [6.07, 6.45) is 3.16. The molecule has 8 nitrogen and oxygen atoms in total. The number of piperidine rings is 1. The molecule has 1 atom stereocenters. The number of nitrogens with one attached hydrogen (secondary N) is 1. The van der Waals surface area contributed by atoms with Crippen molar-refractivity contribution in [2.45, 2.75) is 43.5 Å². The molecule has 1 amide bonds. The zero-order chi connectivity index (χ0) is 19.0. The van der Waals surface area contributed by atoms with E-state index in [9.17, 15) is 13.2 Å². The Morgan fingerprint density at radius 1 is 1.30 bits per heavy atom. The summed E-state index contributed by atoms with van der Waals surface area (Å²) in [6.45, 7) is 2.56. The van der Waals surface area contributed by atoms with Gasteiger partial charge in [0.25, 0.3) is 10.0 Å². The lowest BCUT2D eigenvalue weighted by Crippen LogP contribution is -2.50. The quantitative estimate of drug-likeness (QED) is 0.838. The summed E-state index contributed by atoms with van der Waals surface area (Å²) in [6, 6.07) is 6.25. The lowest BCUT2D eigenvalue weighted by molar-refractivity contribution is -0.120. The fraction of sp³-hybridized carbons (Fsp3) is 0.412. The van der Waals surface area contributed by atoms with E-state index in [1.54, 1.807) is 24.3 Å². The molecule has 3 heterocycles. The number of rotatable bonds is 3. The zero-order valence-electron chi connectivity index (χ0n) is 14.8. The normalized spacial score (nSPS) is 20.9. The highest BCUT2D eigenvalue weighted by Crippen LogP contribution is 2.31. The second-order valence-corrected chi connectivity index (χ2v) is 9.07. The fourth-order valence-corrected chi connectivity index (χ4v) is 5.29. The first-order valence-corrected chi connectivity index (χ1v) is 11.1. The molecule has 0 bridgehead atoms. The van der Waals surface area contributed by atoms with E-state index in [1.165, 1.54) is 11.3 Å². The van der Waals surface area contributed by atoms with Crippen molar-refractivity contribution in [2.24, 2.45) is 4.40 Å². The van der Waals surface area contributed by atoms with Gasteiger partial charge in [-0.3, -0.25) is 10.1 Å². The number of amides is 1. The van der Waals surface area contributed by atoms with E-state index >= 15 is 0 Å². The van der Waals surface area contributed by atoms with Crippen LogP contribution in [0, 0.1) is 0 Å². The molecule has 27 heavy (non-hydrogen) atoms. The number of sulfonamides is 1. The first-order valence-electron chi connectivity index (χ1n) is 8.84. The summed E-state index contributed by atoms with van der Waals surface area (Å²) in [5.74, 6) is 0.148. The molecule has 1 saturated heterocycles. The number of fused-ring (bicyclic) bond motifs is 1. The third kappa shape index (κ3) is 3.34. The summed E-state index contributed by atoms with van der Waals surface area (Å²) >= 11 is 1.35. The Bertz CT molecular complexity index is 1020. The molecule has 1 aromatic carbocycles. The molecule has 0 radical (unpaired) electrons. The number of amidine groups is 1. The third-order valence-corrected chi connectivity index (χ3v) is 7.00. The van der Waals surface area contributed by atoms with Gasteiger partial charge < -0.3 is 4.90 Å². The van der Waals surface area contributed by atoms with Gasteiger partial charge in [0.2, 0.25) is 11.0 Å². The van der Waals surface area contributed by atoms with Crippen molar-refractivity contribution in [3.05, 3.63) is 34.8 Å². The molecule has 4 rings (SSSR count). The molecule has 1 N–H and O–H groups in total. The highest BCUT2D eigenvalue weighted by Gasteiger charge is 2.38. The fourth-order valence-electron chi connectivity index (χ4n) is 3.39. The van der Waals surface area contributed by atoms with Gasteiger partial charge in [-0.05, 0) is 37.8 Å². The number of aromatic nitrogens is 2. The molecule has 2 aliphatic heterocycles. The van der Waals surface area contributed by atoms with Crippen molar-refractivity contribution >= 4 is 38.2 Å². The minimum absolute atomic E-state index is 0.196. The van der Waals surface area contributed by atoms with Crippen LogP contribution in [0.2, 0.25) is 0 Å². The molecular formula is C17H19N5O3S2. The predicted molar refractivity (Wildman–Crippen MR) is 102 cm³/mol. The van der Waals surface area contributed by atoms with Crippen LogP contribution in [0.4, 0.5) is 5.13 Å². The molecule has 10 heteroatoms. The maximum atomic E-state index is 12.9. The van der Waals surface area contributed by atoms with Crippen LogP contribution >= 0.6 is 11.3 Å². The summed E-state index contributed by atoms with van der Waals surface area (Å²) in [5.41, 5.74) is 0.557. The average molecular weight is 406 g/mol. The van der Waals surface area contributed by atoms with Crippen LogP contribution in [0.5, 0.6) is 0 Å². The number of hydrogen-bond donors (Lipinski definition) is 1. The van der Waals surface area contributed by atoms with Crippen LogP contribution in [0.25, 0.3) is 0 Å². The van der Waals surface area contributed by atoms with Crippen molar-refractivity contribution < 1.29 is 13.2 Å². The first kappa shape index (κ1) is 18.1. The monoisotopic (exact) mass is 405 g/mol.